The van der Waals surface area contributed by atoms with E-state index in [4.69, 9.17) is 9.62 Å². The molecular formula is C23H18N6O. The second kappa shape index (κ2) is 7.71. The number of aryl methyl sites for hydroxylation is 1. The van der Waals surface area contributed by atoms with Gasteiger partial charge in [-0.2, -0.15) is 10.1 Å². The minimum Gasteiger partial charge on any atom is -0.334 e. The van der Waals surface area contributed by atoms with Gasteiger partial charge in [-0.3, -0.25) is 14.6 Å². The molecule has 0 amide bonds. The number of aromatic nitrogens is 6. The van der Waals surface area contributed by atoms with Crippen molar-refractivity contribution in [2.45, 2.75) is 13.5 Å². The van der Waals surface area contributed by atoms with Gasteiger partial charge < -0.3 is 4.52 Å². The molecular weight excluding hydrogens is 376 g/mol. The molecule has 0 atom stereocenters. The van der Waals surface area contributed by atoms with Gasteiger partial charge in [-0.05, 0) is 42.8 Å². The summed E-state index contributed by atoms with van der Waals surface area (Å²) in [5.74, 6) is 1.07. The van der Waals surface area contributed by atoms with Crippen LogP contribution in [0.4, 0.5) is 0 Å². The molecule has 7 heteroatoms. The van der Waals surface area contributed by atoms with E-state index in [9.17, 15) is 0 Å². The number of rotatable bonds is 5. The fourth-order valence-electron chi connectivity index (χ4n) is 3.23. The fourth-order valence-corrected chi connectivity index (χ4v) is 3.23. The highest BCUT2D eigenvalue weighted by Crippen LogP contribution is 2.26. The Bertz CT molecular complexity index is 1270. The molecule has 1 aromatic carbocycles. The summed E-state index contributed by atoms with van der Waals surface area (Å²) in [4.78, 5) is 13.0. The number of hydrogen-bond donors (Lipinski definition) is 0. The van der Waals surface area contributed by atoms with Gasteiger partial charge in [-0.1, -0.05) is 29.4 Å². The minimum atomic E-state index is 0.472. The summed E-state index contributed by atoms with van der Waals surface area (Å²) in [5, 5.41) is 8.53. The molecule has 0 unspecified atom stereocenters. The van der Waals surface area contributed by atoms with Crippen LogP contribution < -0.4 is 0 Å². The van der Waals surface area contributed by atoms with Crippen molar-refractivity contribution < 1.29 is 4.52 Å². The van der Waals surface area contributed by atoms with Gasteiger partial charge in [-0.15, -0.1) is 0 Å². The van der Waals surface area contributed by atoms with Gasteiger partial charge in [0, 0.05) is 35.9 Å². The van der Waals surface area contributed by atoms with Crippen molar-refractivity contribution in [3.8, 4) is 34.0 Å². The van der Waals surface area contributed by atoms with E-state index in [0.717, 1.165) is 33.6 Å². The van der Waals surface area contributed by atoms with Gasteiger partial charge in [0.2, 0.25) is 0 Å². The van der Waals surface area contributed by atoms with Crippen LogP contribution in [0.25, 0.3) is 34.0 Å². The first kappa shape index (κ1) is 17.9. The van der Waals surface area contributed by atoms with Crippen molar-refractivity contribution in [2.24, 2.45) is 0 Å². The molecule has 146 valence electrons. The Morgan fingerprint density at radius 2 is 1.80 bits per heavy atom. The molecule has 0 spiro atoms. The van der Waals surface area contributed by atoms with Gasteiger partial charge >= 0.3 is 0 Å². The molecule has 4 heterocycles. The van der Waals surface area contributed by atoms with E-state index >= 15 is 0 Å². The molecule has 7 nitrogen and oxygen atoms in total. The highest BCUT2D eigenvalue weighted by Gasteiger charge is 2.09. The van der Waals surface area contributed by atoms with Gasteiger partial charge in [0.15, 0.2) is 5.82 Å². The highest BCUT2D eigenvalue weighted by atomic mass is 16.5. The van der Waals surface area contributed by atoms with Crippen LogP contribution in [0.3, 0.4) is 0 Å². The van der Waals surface area contributed by atoms with Gasteiger partial charge in [0.05, 0.1) is 23.5 Å². The lowest BCUT2D eigenvalue weighted by Gasteiger charge is -2.04. The largest absolute Gasteiger partial charge is 0.334 e. The van der Waals surface area contributed by atoms with Crippen LogP contribution in [-0.2, 0) is 6.54 Å². The molecule has 4 aromatic heterocycles. The van der Waals surface area contributed by atoms with Crippen molar-refractivity contribution in [1.29, 1.82) is 0 Å². The molecule has 5 aromatic rings. The summed E-state index contributed by atoms with van der Waals surface area (Å²) in [6.07, 6.45) is 7.35. The van der Waals surface area contributed by atoms with Crippen LogP contribution in [0.2, 0.25) is 0 Å². The molecule has 0 N–H and O–H groups in total. The Morgan fingerprint density at radius 3 is 2.53 bits per heavy atom. The molecule has 0 radical (unpaired) electrons. The summed E-state index contributed by atoms with van der Waals surface area (Å²) in [6.45, 7) is 2.48. The first-order valence-electron chi connectivity index (χ1n) is 9.54. The summed E-state index contributed by atoms with van der Waals surface area (Å²) in [7, 11) is 0. The van der Waals surface area contributed by atoms with E-state index in [2.05, 4.69) is 32.2 Å². The van der Waals surface area contributed by atoms with Gasteiger partial charge in [0.25, 0.3) is 5.89 Å². The maximum atomic E-state index is 5.20. The summed E-state index contributed by atoms with van der Waals surface area (Å²) in [5.41, 5.74) is 5.75. The standard InChI is InChI=1S/C23H18N6O/c1-16-26-23(30-28-16)20-7-8-21(25-14-20)18-5-2-6-19(12-18)22-9-11-29(27-22)15-17-4-3-10-24-13-17/h2-14H,15H2,1H3. The van der Waals surface area contributed by atoms with Crippen LogP contribution in [0.15, 0.2) is 83.9 Å². The van der Waals surface area contributed by atoms with Crippen LogP contribution in [0.5, 0.6) is 0 Å². The molecule has 0 fully saturated rings. The summed E-state index contributed by atoms with van der Waals surface area (Å²) in [6, 6.07) is 18.1. The van der Waals surface area contributed by atoms with E-state index in [-0.39, 0.29) is 0 Å². The molecule has 0 aliphatic carbocycles. The first-order valence-corrected chi connectivity index (χ1v) is 9.54. The van der Waals surface area contributed by atoms with Gasteiger partial charge in [-0.25, -0.2) is 0 Å². The van der Waals surface area contributed by atoms with Crippen molar-refractivity contribution >= 4 is 0 Å². The quantitative estimate of drug-likeness (QED) is 0.439. The Balaban J connectivity index is 1.38. The Kier molecular flexibility index (Phi) is 4.61. The summed E-state index contributed by atoms with van der Waals surface area (Å²) >= 11 is 0. The molecule has 0 saturated carbocycles. The van der Waals surface area contributed by atoms with E-state index in [1.54, 1.807) is 19.3 Å². The number of pyridine rings is 2. The minimum absolute atomic E-state index is 0.472. The fraction of sp³-hybridized carbons (Fsp3) is 0.0870. The van der Waals surface area contributed by atoms with Crippen molar-refractivity contribution in [1.82, 2.24) is 29.9 Å². The van der Waals surface area contributed by atoms with Crippen molar-refractivity contribution in [2.75, 3.05) is 0 Å². The number of benzene rings is 1. The zero-order valence-electron chi connectivity index (χ0n) is 16.3. The molecule has 5 rings (SSSR count). The normalized spacial score (nSPS) is 11.0. The van der Waals surface area contributed by atoms with E-state index in [0.29, 0.717) is 18.3 Å². The van der Waals surface area contributed by atoms with Crippen molar-refractivity contribution in [3.63, 3.8) is 0 Å². The lowest BCUT2D eigenvalue weighted by molar-refractivity contribution is 0.425. The monoisotopic (exact) mass is 394 g/mol. The predicted octanol–water partition coefficient (Wildman–Crippen LogP) is 4.41. The second-order valence-electron chi connectivity index (χ2n) is 6.92. The SMILES string of the molecule is Cc1noc(-c2ccc(-c3cccc(-c4ccn(Cc5cccnc5)n4)c3)nc2)n1. The Morgan fingerprint density at radius 1 is 0.900 bits per heavy atom. The van der Waals surface area contributed by atoms with Crippen LogP contribution in [0.1, 0.15) is 11.4 Å². The van der Waals surface area contributed by atoms with Crippen molar-refractivity contribution in [3.05, 3.63) is 90.8 Å². The molecule has 0 saturated heterocycles. The third-order valence-electron chi connectivity index (χ3n) is 4.70. The molecule has 0 aliphatic heterocycles. The number of nitrogens with zero attached hydrogens (tertiary/aromatic N) is 6. The summed E-state index contributed by atoms with van der Waals surface area (Å²) < 4.78 is 7.12. The third-order valence-corrected chi connectivity index (χ3v) is 4.70. The maximum Gasteiger partial charge on any atom is 0.259 e. The van der Waals surface area contributed by atoms with E-state index < -0.39 is 0 Å². The van der Waals surface area contributed by atoms with Gasteiger partial charge in [0.1, 0.15) is 0 Å². The lowest BCUT2D eigenvalue weighted by Crippen LogP contribution is -2.00. The second-order valence-corrected chi connectivity index (χ2v) is 6.92. The van der Waals surface area contributed by atoms with E-state index in [1.807, 2.05) is 59.5 Å². The molecule has 30 heavy (non-hydrogen) atoms. The first-order chi connectivity index (χ1) is 14.7. The smallest absolute Gasteiger partial charge is 0.259 e. The average Bonchev–Trinajstić information content (AvgIpc) is 3.44. The third kappa shape index (κ3) is 3.73. The Hall–Kier alpha value is -4.13. The topological polar surface area (TPSA) is 82.5 Å². The number of hydrogen-bond acceptors (Lipinski definition) is 6. The predicted molar refractivity (Wildman–Crippen MR) is 112 cm³/mol. The van der Waals surface area contributed by atoms with E-state index in [1.165, 1.54) is 0 Å². The highest BCUT2D eigenvalue weighted by molar-refractivity contribution is 5.70. The Labute approximate surface area is 173 Å². The zero-order chi connectivity index (χ0) is 20.3. The molecule has 0 bridgehead atoms. The van der Waals surface area contributed by atoms with Crippen LogP contribution >= 0.6 is 0 Å². The maximum absolute atomic E-state index is 5.20. The van der Waals surface area contributed by atoms with Crippen LogP contribution in [0, 0.1) is 6.92 Å². The van der Waals surface area contributed by atoms with Crippen LogP contribution in [-0.4, -0.2) is 29.9 Å². The molecule has 0 aliphatic rings. The average molecular weight is 394 g/mol. The lowest BCUT2D eigenvalue weighted by atomic mass is 10.1. The zero-order valence-corrected chi connectivity index (χ0v) is 16.3.